The van der Waals surface area contributed by atoms with Crippen molar-refractivity contribution in [2.24, 2.45) is 0 Å². The average molecular weight is 830 g/mol. The van der Waals surface area contributed by atoms with Crippen LogP contribution in [-0.2, 0) is 12.8 Å². The van der Waals surface area contributed by atoms with Crippen LogP contribution in [0.15, 0.2) is 224 Å². The van der Waals surface area contributed by atoms with Crippen molar-refractivity contribution in [1.29, 1.82) is 0 Å². The maximum Gasteiger partial charge on any atom is 0.0588 e. The number of benzene rings is 10. The smallest absolute Gasteiger partial charge is 0.0588 e. The van der Waals surface area contributed by atoms with E-state index in [1.165, 1.54) is 128 Å². The second kappa shape index (κ2) is 16.0. The van der Waals surface area contributed by atoms with Crippen LogP contribution in [0.25, 0.3) is 77.9 Å². The zero-order valence-corrected chi connectivity index (χ0v) is 36.7. The van der Waals surface area contributed by atoms with Crippen molar-refractivity contribution in [2.75, 3.05) is 4.90 Å². The van der Waals surface area contributed by atoms with Gasteiger partial charge in [-0.15, -0.1) is 0 Å². The van der Waals surface area contributed by atoms with Gasteiger partial charge in [-0.3, -0.25) is 0 Å². The van der Waals surface area contributed by atoms with Crippen LogP contribution in [0.1, 0.15) is 33.4 Å². The van der Waals surface area contributed by atoms with Crippen LogP contribution in [-0.4, -0.2) is 0 Å². The van der Waals surface area contributed by atoms with Crippen molar-refractivity contribution in [2.45, 2.75) is 26.7 Å². The van der Waals surface area contributed by atoms with Crippen LogP contribution < -0.4 is 4.90 Å². The van der Waals surface area contributed by atoms with E-state index in [2.05, 4.69) is 243 Å². The van der Waals surface area contributed by atoms with E-state index in [0.717, 1.165) is 12.8 Å². The SMILES string of the molecule is Cc1ccc(-c2ccccc2)c(N(c2c3c(cc(-c4ccccc4)c2-c2ccccc2)-c2ccccc2C3)c2c3c(cc(-c4ccccc4)c2-c2ccccc2)-c2ccccc2C3)c1C. The summed E-state index contributed by atoms with van der Waals surface area (Å²) in [5.74, 6) is 0. The van der Waals surface area contributed by atoms with Gasteiger partial charge < -0.3 is 4.90 Å². The molecule has 0 unspecified atom stereocenters. The van der Waals surface area contributed by atoms with E-state index in [1.54, 1.807) is 0 Å². The van der Waals surface area contributed by atoms with Gasteiger partial charge in [-0.2, -0.15) is 0 Å². The van der Waals surface area contributed by atoms with Gasteiger partial charge in [-0.25, -0.2) is 0 Å². The second-order valence-corrected chi connectivity index (χ2v) is 17.6. The highest BCUT2D eigenvalue weighted by Gasteiger charge is 2.37. The summed E-state index contributed by atoms with van der Waals surface area (Å²) >= 11 is 0. The highest BCUT2D eigenvalue weighted by atomic mass is 15.2. The number of aryl methyl sites for hydroxylation is 1. The first-order valence-electron chi connectivity index (χ1n) is 22.9. The molecule has 0 aliphatic heterocycles. The number of hydrogen-bond acceptors (Lipinski definition) is 1. The Balaban J connectivity index is 1.35. The van der Waals surface area contributed by atoms with Crippen LogP contribution in [0.4, 0.5) is 17.1 Å². The Hall–Kier alpha value is -8.00. The van der Waals surface area contributed by atoms with Gasteiger partial charge in [0, 0.05) is 29.5 Å². The average Bonchev–Trinajstić information content (AvgIpc) is 3.94. The minimum Gasteiger partial charge on any atom is -0.308 e. The fraction of sp³-hybridized carbons (Fsp3) is 0.0625. The summed E-state index contributed by atoms with van der Waals surface area (Å²) in [5.41, 5.74) is 28.9. The molecule has 10 aromatic rings. The zero-order valence-electron chi connectivity index (χ0n) is 36.7. The van der Waals surface area contributed by atoms with Crippen LogP contribution in [0, 0.1) is 13.8 Å². The van der Waals surface area contributed by atoms with Crippen molar-refractivity contribution < 1.29 is 0 Å². The Morgan fingerprint density at radius 2 is 0.646 bits per heavy atom. The topological polar surface area (TPSA) is 3.24 Å². The Morgan fingerprint density at radius 3 is 1.06 bits per heavy atom. The lowest BCUT2D eigenvalue weighted by molar-refractivity contribution is 1.15. The van der Waals surface area contributed by atoms with Crippen LogP contribution in [0.3, 0.4) is 0 Å². The van der Waals surface area contributed by atoms with Crippen molar-refractivity contribution in [3.8, 4) is 77.9 Å². The predicted molar refractivity (Wildman–Crippen MR) is 274 cm³/mol. The molecular weight excluding hydrogens is 783 g/mol. The maximum atomic E-state index is 2.78. The zero-order chi connectivity index (χ0) is 43.4. The van der Waals surface area contributed by atoms with E-state index >= 15 is 0 Å². The lowest BCUT2D eigenvalue weighted by Crippen LogP contribution is -2.20. The van der Waals surface area contributed by atoms with E-state index in [-0.39, 0.29) is 0 Å². The molecule has 0 fully saturated rings. The van der Waals surface area contributed by atoms with Gasteiger partial charge in [0.15, 0.2) is 0 Å². The molecule has 0 spiro atoms. The lowest BCUT2D eigenvalue weighted by atomic mass is 9.83. The standard InChI is InChI=1S/C64H47N/c1-42-36-37-53(44-22-8-3-9-23-44)62(43(42)2)65(63-58-38-49-32-18-20-34-51(49)56(58)40-54(45-24-10-4-11-25-45)60(63)47-28-14-6-15-29-47)64-59-39-50-33-19-21-35-52(50)57(59)41-55(46-26-12-5-13-27-46)61(64)48-30-16-7-17-31-48/h3-37,40-41H,38-39H2,1-2H3. The van der Waals surface area contributed by atoms with E-state index in [1.807, 2.05) is 0 Å². The highest BCUT2D eigenvalue weighted by Crippen LogP contribution is 2.60. The summed E-state index contributed by atoms with van der Waals surface area (Å²) in [6.45, 7) is 4.63. The van der Waals surface area contributed by atoms with E-state index < -0.39 is 0 Å². The molecule has 2 aliphatic rings. The highest BCUT2D eigenvalue weighted by molar-refractivity contribution is 6.10. The number of rotatable bonds is 8. The molecule has 0 radical (unpaired) electrons. The molecule has 10 aromatic carbocycles. The van der Waals surface area contributed by atoms with Crippen molar-refractivity contribution in [3.05, 3.63) is 258 Å². The third-order valence-corrected chi connectivity index (χ3v) is 13.9. The quantitative estimate of drug-likeness (QED) is 0.147. The molecular formula is C64H47N. The molecule has 2 aliphatic carbocycles. The van der Waals surface area contributed by atoms with Gasteiger partial charge in [-0.05, 0) is 121 Å². The normalized spacial score (nSPS) is 12.0. The molecule has 0 saturated carbocycles. The van der Waals surface area contributed by atoms with Crippen LogP contribution >= 0.6 is 0 Å². The molecule has 0 heterocycles. The number of hydrogen-bond donors (Lipinski definition) is 0. The fourth-order valence-electron chi connectivity index (χ4n) is 10.8. The molecule has 1 nitrogen and oxygen atoms in total. The van der Waals surface area contributed by atoms with Crippen molar-refractivity contribution >= 4 is 17.1 Å². The largest absolute Gasteiger partial charge is 0.308 e. The molecule has 0 saturated heterocycles. The number of nitrogens with zero attached hydrogens (tertiary/aromatic N) is 1. The molecule has 0 aromatic heterocycles. The van der Waals surface area contributed by atoms with Gasteiger partial charge in [-0.1, -0.05) is 212 Å². The first kappa shape index (κ1) is 38.7. The summed E-state index contributed by atoms with van der Waals surface area (Å²) in [6, 6.07) is 83.4. The number of fused-ring (bicyclic) bond motifs is 6. The fourth-order valence-corrected chi connectivity index (χ4v) is 10.8. The Labute approximate surface area is 382 Å². The summed E-state index contributed by atoms with van der Waals surface area (Å²) in [6.07, 6.45) is 1.64. The van der Waals surface area contributed by atoms with E-state index in [4.69, 9.17) is 0 Å². The molecule has 1 heteroatoms. The minimum atomic E-state index is 0.819. The van der Waals surface area contributed by atoms with Gasteiger partial charge in [0.1, 0.15) is 0 Å². The summed E-state index contributed by atoms with van der Waals surface area (Å²) in [5, 5.41) is 0. The first-order chi connectivity index (χ1) is 32.1. The molecule has 12 rings (SSSR count). The predicted octanol–water partition coefficient (Wildman–Crippen LogP) is 17.3. The molecule has 0 N–H and O–H groups in total. The van der Waals surface area contributed by atoms with E-state index in [9.17, 15) is 0 Å². The molecule has 65 heavy (non-hydrogen) atoms. The number of anilines is 3. The van der Waals surface area contributed by atoms with Crippen LogP contribution in [0.5, 0.6) is 0 Å². The van der Waals surface area contributed by atoms with Gasteiger partial charge in [0.25, 0.3) is 0 Å². The molecule has 0 bridgehead atoms. The summed E-state index contributed by atoms with van der Waals surface area (Å²) < 4.78 is 0. The molecule has 0 atom stereocenters. The summed E-state index contributed by atoms with van der Waals surface area (Å²) in [4.78, 5) is 2.78. The molecule has 0 amide bonds. The van der Waals surface area contributed by atoms with Crippen LogP contribution in [0.2, 0.25) is 0 Å². The third kappa shape index (κ3) is 6.46. The minimum absolute atomic E-state index is 0.819. The van der Waals surface area contributed by atoms with Gasteiger partial charge in [0.05, 0.1) is 17.1 Å². The van der Waals surface area contributed by atoms with Crippen molar-refractivity contribution in [1.82, 2.24) is 0 Å². The Bertz CT molecular complexity index is 3220. The lowest BCUT2D eigenvalue weighted by Gasteiger charge is -2.38. The first-order valence-corrected chi connectivity index (χ1v) is 22.9. The van der Waals surface area contributed by atoms with Crippen molar-refractivity contribution in [3.63, 3.8) is 0 Å². The second-order valence-electron chi connectivity index (χ2n) is 17.6. The Kier molecular flexibility index (Phi) is 9.50. The summed E-state index contributed by atoms with van der Waals surface area (Å²) in [7, 11) is 0. The Morgan fingerprint density at radius 1 is 0.292 bits per heavy atom. The third-order valence-electron chi connectivity index (χ3n) is 13.9. The van der Waals surface area contributed by atoms with E-state index in [0.29, 0.717) is 0 Å². The monoisotopic (exact) mass is 829 g/mol. The van der Waals surface area contributed by atoms with Gasteiger partial charge in [0.2, 0.25) is 0 Å². The molecule has 308 valence electrons. The maximum absolute atomic E-state index is 2.78. The van der Waals surface area contributed by atoms with Gasteiger partial charge >= 0.3 is 0 Å².